The maximum atomic E-state index is 12.4. The second kappa shape index (κ2) is 5.49. The van der Waals surface area contributed by atoms with E-state index in [1.165, 1.54) is 5.56 Å². The van der Waals surface area contributed by atoms with Crippen molar-refractivity contribution < 1.29 is 4.79 Å². The molecule has 0 bridgehead atoms. The number of nitrogens with zero attached hydrogens (tertiary/aromatic N) is 1. The minimum atomic E-state index is 0.0992. The average molecular weight is 264 g/mol. The highest BCUT2D eigenvalue weighted by Crippen LogP contribution is 2.22. The van der Waals surface area contributed by atoms with Crippen molar-refractivity contribution >= 4 is 5.91 Å². The number of likely N-dealkylation sites (tertiary alicyclic amines) is 1. The largest absolute Gasteiger partial charge is 0.336 e. The van der Waals surface area contributed by atoms with Crippen LogP contribution < -0.4 is 0 Å². The molecule has 0 saturated carbocycles. The molecule has 2 heteroatoms. The summed E-state index contributed by atoms with van der Waals surface area (Å²) in [6, 6.07) is 18.2. The van der Waals surface area contributed by atoms with Crippen molar-refractivity contribution in [1.29, 1.82) is 0 Å². The van der Waals surface area contributed by atoms with Crippen LogP contribution in [0.4, 0.5) is 0 Å². The summed E-state index contributed by atoms with van der Waals surface area (Å²) >= 11 is 0. The van der Waals surface area contributed by atoms with Gasteiger partial charge in [0, 0.05) is 18.2 Å². The van der Waals surface area contributed by atoms with Crippen molar-refractivity contribution in [3.8, 4) is 11.1 Å². The minimum Gasteiger partial charge on any atom is -0.336 e. The van der Waals surface area contributed by atoms with E-state index in [2.05, 4.69) is 19.1 Å². The van der Waals surface area contributed by atoms with Gasteiger partial charge >= 0.3 is 0 Å². The molecule has 2 aromatic carbocycles. The number of amides is 1. The van der Waals surface area contributed by atoms with Gasteiger partial charge in [-0.05, 0) is 43.0 Å². The first-order valence-corrected chi connectivity index (χ1v) is 7.05. The zero-order valence-corrected chi connectivity index (χ0v) is 11.5. The molecule has 0 aromatic heterocycles. The van der Waals surface area contributed by atoms with E-state index < -0.39 is 0 Å². The maximum absolute atomic E-state index is 12.4. The van der Waals surface area contributed by atoms with Crippen LogP contribution in [0.5, 0.6) is 0 Å². The van der Waals surface area contributed by atoms with Crippen LogP contribution in [-0.4, -0.2) is 23.4 Å². The van der Waals surface area contributed by atoms with E-state index in [-0.39, 0.29) is 11.9 Å². The molecule has 1 saturated heterocycles. The van der Waals surface area contributed by atoms with Gasteiger partial charge < -0.3 is 4.90 Å². The van der Waals surface area contributed by atoms with Crippen molar-refractivity contribution in [2.24, 2.45) is 0 Å². The van der Waals surface area contributed by atoms with Crippen LogP contribution >= 0.6 is 0 Å². The summed E-state index contributed by atoms with van der Waals surface area (Å²) in [6.07, 6.45) is 2.07. The molecular weight excluding hydrogens is 246 g/mol. The zero-order valence-electron chi connectivity index (χ0n) is 11.5. The average Bonchev–Trinajstić information content (AvgIpc) is 2.94. The van der Waals surface area contributed by atoms with E-state index in [0.29, 0.717) is 0 Å². The van der Waals surface area contributed by atoms with Crippen LogP contribution in [0.3, 0.4) is 0 Å². The first-order valence-electron chi connectivity index (χ1n) is 7.05. The maximum Gasteiger partial charge on any atom is 0.254 e. The summed E-state index contributed by atoms with van der Waals surface area (Å²) in [5.74, 6) is 0.0992. The summed E-state index contributed by atoms with van der Waals surface area (Å²) in [7, 11) is 0. The van der Waals surface area contributed by atoms with Gasteiger partial charge in [-0.25, -0.2) is 0 Å². The lowest BCUT2D eigenvalue weighted by molar-refractivity contribution is 0.0760. The Balaban J connectivity index is 1.81. The van der Waals surface area contributed by atoms with E-state index in [1.807, 2.05) is 47.4 Å². The van der Waals surface area contributed by atoms with Crippen molar-refractivity contribution in [3.63, 3.8) is 0 Å². The fourth-order valence-corrected chi connectivity index (χ4v) is 2.70. The Kier molecular flexibility index (Phi) is 3.55. The van der Waals surface area contributed by atoms with Gasteiger partial charge in [0.05, 0.1) is 0 Å². The Morgan fingerprint density at radius 3 is 2.25 bits per heavy atom. The molecule has 2 aromatic rings. The number of carbonyl (C=O) groups is 1. The van der Waals surface area contributed by atoms with Crippen LogP contribution in [-0.2, 0) is 0 Å². The summed E-state index contributed by atoms with van der Waals surface area (Å²) in [5, 5.41) is 0. The highest BCUT2D eigenvalue weighted by Gasteiger charge is 2.25. The van der Waals surface area contributed by atoms with Crippen molar-refractivity contribution in [2.45, 2.75) is 18.9 Å². The Labute approximate surface area is 120 Å². The van der Waals surface area contributed by atoms with Crippen LogP contribution in [0.15, 0.2) is 54.6 Å². The molecule has 1 fully saturated rings. The van der Waals surface area contributed by atoms with Crippen LogP contribution in [0.25, 0.3) is 11.1 Å². The van der Waals surface area contributed by atoms with Crippen molar-refractivity contribution in [3.05, 3.63) is 67.1 Å². The highest BCUT2D eigenvalue weighted by atomic mass is 16.2. The van der Waals surface area contributed by atoms with Crippen LogP contribution in [0, 0.1) is 6.92 Å². The normalized spacial score (nSPS) is 18.2. The molecule has 1 atom stereocenters. The number of hydrogen-bond acceptors (Lipinski definition) is 1. The number of carbonyl (C=O) groups excluding carboxylic acids is 1. The van der Waals surface area contributed by atoms with E-state index in [0.717, 1.165) is 30.5 Å². The fraction of sp³-hybridized carbons (Fsp3) is 0.222. The molecule has 3 rings (SSSR count). The molecule has 0 spiro atoms. The van der Waals surface area contributed by atoms with E-state index >= 15 is 0 Å². The van der Waals surface area contributed by atoms with Gasteiger partial charge in [-0.2, -0.15) is 0 Å². The van der Waals surface area contributed by atoms with Gasteiger partial charge in [-0.3, -0.25) is 4.79 Å². The first-order chi connectivity index (χ1) is 9.75. The second-order valence-corrected chi connectivity index (χ2v) is 5.24. The Morgan fingerprint density at radius 2 is 1.65 bits per heavy atom. The van der Waals surface area contributed by atoms with Crippen molar-refractivity contribution in [1.82, 2.24) is 4.90 Å². The topological polar surface area (TPSA) is 20.3 Å². The molecule has 20 heavy (non-hydrogen) atoms. The summed E-state index contributed by atoms with van der Waals surface area (Å²) in [6.45, 7) is 4.86. The molecule has 101 valence electrons. The third-order valence-corrected chi connectivity index (χ3v) is 3.88. The molecule has 1 amide bonds. The number of rotatable bonds is 2. The smallest absolute Gasteiger partial charge is 0.254 e. The van der Waals surface area contributed by atoms with Gasteiger partial charge in [0.25, 0.3) is 5.91 Å². The Bertz CT molecular complexity index is 589. The van der Waals surface area contributed by atoms with Gasteiger partial charge in [0.2, 0.25) is 0 Å². The molecule has 1 aliphatic rings. The molecule has 1 heterocycles. The first kappa shape index (κ1) is 12.9. The summed E-state index contributed by atoms with van der Waals surface area (Å²) in [4.78, 5) is 14.3. The second-order valence-electron chi connectivity index (χ2n) is 5.24. The molecule has 0 unspecified atom stereocenters. The molecule has 2 nitrogen and oxygen atoms in total. The minimum absolute atomic E-state index is 0.0992. The molecule has 0 aliphatic carbocycles. The predicted octanol–water partition coefficient (Wildman–Crippen LogP) is 3.79. The Morgan fingerprint density at radius 1 is 1.00 bits per heavy atom. The Hall–Kier alpha value is -2.09. The SMILES string of the molecule is [CH2][C@H]1CCCN1C(=O)c1ccc(-c2ccccc2)cc1. The van der Waals surface area contributed by atoms with E-state index in [9.17, 15) is 4.79 Å². The van der Waals surface area contributed by atoms with E-state index in [4.69, 9.17) is 0 Å². The molecule has 1 radical (unpaired) electrons. The van der Waals surface area contributed by atoms with Gasteiger partial charge in [0.15, 0.2) is 0 Å². The lowest BCUT2D eigenvalue weighted by atomic mass is 10.0. The molecule has 0 N–H and O–H groups in total. The van der Waals surface area contributed by atoms with Crippen molar-refractivity contribution in [2.75, 3.05) is 6.54 Å². The third kappa shape index (κ3) is 2.46. The quantitative estimate of drug-likeness (QED) is 0.808. The highest BCUT2D eigenvalue weighted by molar-refractivity contribution is 5.95. The monoisotopic (exact) mass is 264 g/mol. The van der Waals surface area contributed by atoms with Gasteiger partial charge in [-0.15, -0.1) is 0 Å². The zero-order chi connectivity index (χ0) is 13.9. The lowest BCUT2D eigenvalue weighted by Gasteiger charge is -2.21. The van der Waals surface area contributed by atoms with Crippen LogP contribution in [0.1, 0.15) is 23.2 Å². The standard InChI is InChI=1S/C18H18NO/c1-14-6-5-13-19(14)18(20)17-11-9-16(10-12-17)15-7-3-2-4-8-15/h2-4,7-12,14H,1,5-6,13H2/t14-/m0/s1. The molecule has 1 aliphatic heterocycles. The third-order valence-electron chi connectivity index (χ3n) is 3.88. The number of benzene rings is 2. The lowest BCUT2D eigenvalue weighted by Crippen LogP contribution is -2.33. The summed E-state index contributed by atoms with van der Waals surface area (Å²) < 4.78 is 0. The van der Waals surface area contributed by atoms with Gasteiger partial charge in [-0.1, -0.05) is 42.5 Å². The summed E-state index contributed by atoms with van der Waals surface area (Å²) in [5.41, 5.74) is 3.05. The predicted molar refractivity (Wildman–Crippen MR) is 81.3 cm³/mol. The van der Waals surface area contributed by atoms with Crippen LogP contribution in [0.2, 0.25) is 0 Å². The fourth-order valence-electron chi connectivity index (χ4n) is 2.70. The van der Waals surface area contributed by atoms with Gasteiger partial charge in [0.1, 0.15) is 0 Å². The number of hydrogen-bond donors (Lipinski definition) is 0. The molecular formula is C18H18NO. The van der Waals surface area contributed by atoms with E-state index in [1.54, 1.807) is 0 Å².